The Labute approximate surface area is 116 Å². The van der Waals surface area contributed by atoms with Crippen LogP contribution in [0.3, 0.4) is 0 Å². The Balaban J connectivity index is 2.87. The maximum atomic E-state index is 12.2. The summed E-state index contributed by atoms with van der Waals surface area (Å²) in [5.74, 6) is 1.89. The molecule has 0 radical (unpaired) electrons. The summed E-state index contributed by atoms with van der Waals surface area (Å²) in [7, 11) is 1.54. The van der Waals surface area contributed by atoms with Crippen molar-refractivity contribution >= 4 is 0 Å². The van der Waals surface area contributed by atoms with E-state index in [4.69, 9.17) is 9.15 Å². The lowest BCUT2D eigenvalue weighted by atomic mass is 10.0. The first-order valence-electron chi connectivity index (χ1n) is 7.20. The molecule has 0 N–H and O–H groups in total. The van der Waals surface area contributed by atoms with Crippen LogP contribution < -0.4 is 10.2 Å². The lowest BCUT2D eigenvalue weighted by Crippen LogP contribution is -2.15. The van der Waals surface area contributed by atoms with E-state index in [2.05, 4.69) is 13.8 Å². The molecule has 1 rings (SSSR count). The molecule has 1 aromatic heterocycles. The first kappa shape index (κ1) is 15.8. The zero-order valence-electron chi connectivity index (χ0n) is 12.8. The van der Waals surface area contributed by atoms with Gasteiger partial charge >= 0.3 is 0 Å². The standard InChI is InChI=1S/C16H26O3/c1-6-13-14(10-8-7-9-11(2)3)19-16(18-5)12(4)15(13)17/h11H,6-10H2,1-5H3. The summed E-state index contributed by atoms with van der Waals surface area (Å²) in [5.41, 5.74) is 1.46. The summed E-state index contributed by atoms with van der Waals surface area (Å²) in [6.07, 6.45) is 4.98. The third-order valence-corrected chi connectivity index (χ3v) is 3.45. The van der Waals surface area contributed by atoms with E-state index < -0.39 is 0 Å². The van der Waals surface area contributed by atoms with E-state index in [1.54, 1.807) is 14.0 Å². The third-order valence-electron chi connectivity index (χ3n) is 3.45. The molecular formula is C16H26O3. The van der Waals surface area contributed by atoms with Crippen LogP contribution in [0.15, 0.2) is 9.21 Å². The molecule has 0 saturated carbocycles. The van der Waals surface area contributed by atoms with E-state index in [0.717, 1.165) is 30.1 Å². The molecule has 0 aliphatic carbocycles. The molecule has 1 heterocycles. The highest BCUT2D eigenvalue weighted by Crippen LogP contribution is 2.21. The Morgan fingerprint density at radius 3 is 2.47 bits per heavy atom. The molecular weight excluding hydrogens is 240 g/mol. The number of ether oxygens (including phenoxy) is 1. The fourth-order valence-corrected chi connectivity index (χ4v) is 2.29. The SMILES string of the molecule is CCc1c(CCCCC(C)C)oc(OC)c(C)c1=O. The van der Waals surface area contributed by atoms with Gasteiger partial charge in [0.15, 0.2) is 5.43 Å². The largest absolute Gasteiger partial charge is 0.468 e. The van der Waals surface area contributed by atoms with Crippen molar-refractivity contribution in [2.75, 3.05) is 7.11 Å². The minimum Gasteiger partial charge on any atom is -0.468 e. The van der Waals surface area contributed by atoms with Gasteiger partial charge in [-0.2, -0.15) is 0 Å². The van der Waals surface area contributed by atoms with Gasteiger partial charge in [0.2, 0.25) is 0 Å². The molecule has 0 spiro atoms. The fraction of sp³-hybridized carbons (Fsp3) is 0.688. The molecule has 108 valence electrons. The Bertz CT molecular complexity index is 458. The molecule has 0 amide bonds. The second-order valence-electron chi connectivity index (χ2n) is 5.44. The molecule has 0 saturated heterocycles. The summed E-state index contributed by atoms with van der Waals surface area (Å²) in [5, 5.41) is 0. The van der Waals surface area contributed by atoms with Crippen LogP contribution in [0.2, 0.25) is 0 Å². The first-order chi connectivity index (χ1) is 9.01. The second kappa shape index (κ2) is 7.37. The Morgan fingerprint density at radius 1 is 1.26 bits per heavy atom. The summed E-state index contributed by atoms with van der Waals surface area (Å²) in [6.45, 7) is 8.21. The van der Waals surface area contributed by atoms with E-state index >= 15 is 0 Å². The first-order valence-corrected chi connectivity index (χ1v) is 7.20. The smallest absolute Gasteiger partial charge is 0.291 e. The topological polar surface area (TPSA) is 39.4 Å². The summed E-state index contributed by atoms with van der Waals surface area (Å²) < 4.78 is 10.9. The van der Waals surface area contributed by atoms with Crippen LogP contribution >= 0.6 is 0 Å². The van der Waals surface area contributed by atoms with Gasteiger partial charge in [-0.1, -0.05) is 33.6 Å². The van der Waals surface area contributed by atoms with E-state index in [-0.39, 0.29) is 5.43 Å². The molecule has 0 aliphatic rings. The predicted molar refractivity (Wildman–Crippen MR) is 78.0 cm³/mol. The zero-order chi connectivity index (χ0) is 14.4. The van der Waals surface area contributed by atoms with E-state index in [9.17, 15) is 4.79 Å². The number of hydrogen-bond acceptors (Lipinski definition) is 3. The van der Waals surface area contributed by atoms with Crippen LogP contribution in [0.1, 0.15) is 56.9 Å². The number of rotatable bonds is 7. The van der Waals surface area contributed by atoms with E-state index in [1.807, 2.05) is 6.92 Å². The van der Waals surface area contributed by atoms with Crippen LogP contribution in [-0.4, -0.2) is 7.11 Å². The van der Waals surface area contributed by atoms with Gasteiger partial charge in [-0.25, -0.2) is 0 Å². The molecule has 0 aliphatic heterocycles. The van der Waals surface area contributed by atoms with Gasteiger partial charge in [-0.15, -0.1) is 0 Å². The lowest BCUT2D eigenvalue weighted by Gasteiger charge is -2.11. The second-order valence-corrected chi connectivity index (χ2v) is 5.44. The number of methoxy groups -OCH3 is 1. The molecule has 1 aromatic rings. The van der Waals surface area contributed by atoms with Crippen LogP contribution in [0.25, 0.3) is 0 Å². The maximum absolute atomic E-state index is 12.2. The molecule has 19 heavy (non-hydrogen) atoms. The van der Waals surface area contributed by atoms with Crippen molar-refractivity contribution in [1.29, 1.82) is 0 Å². The van der Waals surface area contributed by atoms with E-state index in [0.29, 0.717) is 17.9 Å². The summed E-state index contributed by atoms with van der Waals surface area (Å²) in [6, 6.07) is 0. The predicted octanol–water partition coefficient (Wildman–Crippen LogP) is 3.89. The van der Waals surface area contributed by atoms with E-state index in [1.165, 1.54) is 12.8 Å². The Morgan fingerprint density at radius 2 is 1.95 bits per heavy atom. The van der Waals surface area contributed by atoms with Crippen LogP contribution in [0.5, 0.6) is 5.95 Å². The van der Waals surface area contributed by atoms with Gasteiger partial charge < -0.3 is 9.15 Å². The summed E-state index contributed by atoms with van der Waals surface area (Å²) in [4.78, 5) is 12.2. The van der Waals surface area contributed by atoms with Crippen LogP contribution in [0, 0.1) is 12.8 Å². The van der Waals surface area contributed by atoms with Crippen molar-refractivity contribution in [3.05, 3.63) is 27.1 Å². The minimum atomic E-state index is 0.0736. The van der Waals surface area contributed by atoms with Gasteiger partial charge in [0.25, 0.3) is 5.95 Å². The fourth-order valence-electron chi connectivity index (χ4n) is 2.29. The van der Waals surface area contributed by atoms with Crippen molar-refractivity contribution in [2.45, 2.75) is 59.8 Å². The number of hydrogen-bond donors (Lipinski definition) is 0. The lowest BCUT2D eigenvalue weighted by molar-refractivity contribution is 0.277. The minimum absolute atomic E-state index is 0.0736. The van der Waals surface area contributed by atoms with Gasteiger partial charge in [0, 0.05) is 12.0 Å². The number of unbranched alkanes of at least 4 members (excludes halogenated alkanes) is 1. The molecule has 0 fully saturated rings. The van der Waals surface area contributed by atoms with Crippen molar-refractivity contribution in [3.63, 3.8) is 0 Å². The highest BCUT2D eigenvalue weighted by atomic mass is 16.6. The molecule has 3 nitrogen and oxygen atoms in total. The molecule has 0 bridgehead atoms. The monoisotopic (exact) mass is 266 g/mol. The third kappa shape index (κ3) is 4.12. The van der Waals surface area contributed by atoms with Crippen LogP contribution in [0.4, 0.5) is 0 Å². The summed E-state index contributed by atoms with van der Waals surface area (Å²) >= 11 is 0. The van der Waals surface area contributed by atoms with Gasteiger partial charge in [-0.05, 0) is 25.7 Å². The van der Waals surface area contributed by atoms with Crippen molar-refractivity contribution in [2.24, 2.45) is 5.92 Å². The Hall–Kier alpha value is -1.25. The van der Waals surface area contributed by atoms with Crippen molar-refractivity contribution < 1.29 is 9.15 Å². The van der Waals surface area contributed by atoms with Gasteiger partial charge in [-0.3, -0.25) is 4.79 Å². The van der Waals surface area contributed by atoms with Crippen LogP contribution in [-0.2, 0) is 12.8 Å². The van der Waals surface area contributed by atoms with Crippen molar-refractivity contribution in [1.82, 2.24) is 0 Å². The number of aryl methyl sites for hydroxylation is 1. The molecule has 0 atom stereocenters. The Kier molecular flexibility index (Phi) is 6.13. The van der Waals surface area contributed by atoms with Crippen molar-refractivity contribution in [3.8, 4) is 5.95 Å². The highest BCUT2D eigenvalue weighted by Gasteiger charge is 2.15. The molecule has 3 heteroatoms. The van der Waals surface area contributed by atoms with Gasteiger partial charge in [0.05, 0.1) is 12.7 Å². The average Bonchev–Trinajstić information content (AvgIpc) is 2.38. The molecule has 0 aromatic carbocycles. The highest BCUT2D eigenvalue weighted by molar-refractivity contribution is 5.30. The average molecular weight is 266 g/mol. The quantitative estimate of drug-likeness (QED) is 0.703. The molecule has 0 unspecified atom stereocenters. The normalized spacial score (nSPS) is 11.1. The zero-order valence-corrected chi connectivity index (χ0v) is 12.8. The van der Waals surface area contributed by atoms with Gasteiger partial charge in [0.1, 0.15) is 5.76 Å². The maximum Gasteiger partial charge on any atom is 0.291 e.